The number of aromatic nitrogens is 1. The second-order valence-corrected chi connectivity index (χ2v) is 13.6. The van der Waals surface area contributed by atoms with E-state index in [1.165, 1.54) is 11.3 Å². The Kier molecular flexibility index (Phi) is 8.59. The van der Waals surface area contributed by atoms with Gasteiger partial charge in [0.15, 0.2) is 16.1 Å². The fraction of sp³-hybridized carbons (Fsp3) is 0.522. The molecule has 2 fully saturated rings. The van der Waals surface area contributed by atoms with Crippen molar-refractivity contribution in [1.29, 1.82) is 0 Å². The predicted octanol–water partition coefficient (Wildman–Crippen LogP) is 2.96. The van der Waals surface area contributed by atoms with E-state index >= 15 is 0 Å². The van der Waals surface area contributed by atoms with Crippen LogP contribution in [-0.2, 0) is 40.2 Å². The molecule has 0 aromatic carbocycles. The Bertz CT molecular complexity index is 1140. The van der Waals surface area contributed by atoms with Crippen LogP contribution in [0.15, 0.2) is 40.4 Å². The number of hydroxylamine groups is 1. The number of nitrogens with one attached hydrogen (secondary N) is 1. The first kappa shape index (κ1) is 26.2. The lowest BCUT2D eigenvalue weighted by Gasteiger charge is -2.31. The number of pyridine rings is 1. The fourth-order valence-corrected chi connectivity index (χ4v) is 8.38. The summed E-state index contributed by atoms with van der Waals surface area (Å²) >= 11 is 4.70. The summed E-state index contributed by atoms with van der Waals surface area (Å²) in [5.74, 6) is -0.942. The lowest BCUT2D eigenvalue weighted by molar-refractivity contribution is -0.200. The highest BCUT2D eigenvalue weighted by Crippen LogP contribution is 2.44. The lowest BCUT2D eigenvalue weighted by atomic mass is 9.97. The molecule has 2 aromatic rings. The third kappa shape index (κ3) is 6.29. The number of thiophene rings is 1. The molecule has 2 atom stereocenters. The topological polar surface area (TPSA) is 115 Å². The normalized spacial score (nSPS) is 24.5. The monoisotopic (exact) mass is 585 g/mol. The van der Waals surface area contributed by atoms with E-state index in [0.717, 1.165) is 22.2 Å². The lowest BCUT2D eigenvalue weighted by Crippen LogP contribution is -2.43. The molecule has 2 saturated heterocycles. The Labute approximate surface area is 217 Å². The van der Waals surface area contributed by atoms with Gasteiger partial charge in [-0.05, 0) is 59.0 Å². The highest BCUT2D eigenvalue weighted by Gasteiger charge is 2.50. The number of rotatable bonds is 7. The zero-order chi connectivity index (χ0) is 24.9. The summed E-state index contributed by atoms with van der Waals surface area (Å²) in [7, 11) is -3.80. The number of halogens is 1. The second-order valence-electron chi connectivity index (χ2n) is 8.70. The SMILES string of the molecule is O=C(CC1(c2ccc(Br)s2)CCN(C(=O)Cc2cccnc2)CCS1(=O)=O)NOC1CCCCO1. The van der Waals surface area contributed by atoms with Crippen molar-refractivity contribution in [2.24, 2.45) is 0 Å². The van der Waals surface area contributed by atoms with Gasteiger partial charge in [0.2, 0.25) is 11.8 Å². The number of ether oxygens (including phenoxy) is 1. The Morgan fingerprint density at radius 1 is 1.29 bits per heavy atom. The van der Waals surface area contributed by atoms with Gasteiger partial charge in [0, 0.05) is 43.4 Å². The molecule has 12 heteroatoms. The van der Waals surface area contributed by atoms with E-state index in [2.05, 4.69) is 26.4 Å². The first-order valence-corrected chi connectivity index (χ1v) is 14.8. The van der Waals surface area contributed by atoms with Crippen LogP contribution in [0.2, 0.25) is 0 Å². The van der Waals surface area contributed by atoms with Gasteiger partial charge >= 0.3 is 0 Å². The quantitative estimate of drug-likeness (QED) is 0.497. The molecule has 2 aromatic heterocycles. The highest BCUT2D eigenvalue weighted by atomic mass is 79.9. The van der Waals surface area contributed by atoms with E-state index in [0.29, 0.717) is 17.9 Å². The summed E-state index contributed by atoms with van der Waals surface area (Å²) in [5, 5.41) is 0. The standard InChI is InChI=1S/C23H28BrN3O6S2/c24-19-7-6-18(34-19)23(15-20(28)26-33-22-5-1-2-12-32-22)8-10-27(11-13-35(23,30)31)21(29)14-17-4-3-9-25-16-17/h3-4,6-7,9,16,22H,1-2,5,8,10-15H2,(H,26,28). The average Bonchev–Trinajstić information content (AvgIpc) is 3.24. The highest BCUT2D eigenvalue weighted by molar-refractivity contribution is 9.11. The van der Waals surface area contributed by atoms with E-state index in [-0.39, 0.29) is 44.0 Å². The summed E-state index contributed by atoms with van der Waals surface area (Å²) in [6.45, 7) is 0.850. The van der Waals surface area contributed by atoms with Crippen LogP contribution >= 0.6 is 27.3 Å². The fourth-order valence-electron chi connectivity index (χ4n) is 4.40. The van der Waals surface area contributed by atoms with Crippen molar-refractivity contribution >= 4 is 48.9 Å². The number of hydrogen-bond donors (Lipinski definition) is 1. The van der Waals surface area contributed by atoms with E-state index in [1.54, 1.807) is 35.5 Å². The molecule has 190 valence electrons. The molecule has 4 heterocycles. The molecule has 0 bridgehead atoms. The van der Waals surface area contributed by atoms with Crippen molar-refractivity contribution in [1.82, 2.24) is 15.4 Å². The zero-order valence-electron chi connectivity index (χ0n) is 19.2. The van der Waals surface area contributed by atoms with Crippen molar-refractivity contribution in [3.8, 4) is 0 Å². The summed E-state index contributed by atoms with van der Waals surface area (Å²) in [4.78, 5) is 37.5. The molecular weight excluding hydrogens is 558 g/mol. The number of carbonyl (C=O) groups excluding carboxylic acids is 2. The van der Waals surface area contributed by atoms with Gasteiger partial charge in [-0.15, -0.1) is 11.3 Å². The van der Waals surface area contributed by atoms with Crippen LogP contribution in [0.5, 0.6) is 0 Å². The third-order valence-electron chi connectivity index (χ3n) is 6.35. The van der Waals surface area contributed by atoms with Crippen molar-refractivity contribution in [2.45, 2.75) is 49.6 Å². The first-order valence-electron chi connectivity index (χ1n) is 11.5. The van der Waals surface area contributed by atoms with Crippen LogP contribution in [0, 0.1) is 0 Å². The third-order valence-corrected chi connectivity index (χ3v) is 10.8. The van der Waals surface area contributed by atoms with Gasteiger partial charge in [-0.3, -0.25) is 14.6 Å². The van der Waals surface area contributed by atoms with Crippen molar-refractivity contribution < 1.29 is 27.6 Å². The summed E-state index contributed by atoms with van der Waals surface area (Å²) in [5.41, 5.74) is 3.17. The smallest absolute Gasteiger partial charge is 0.245 e. The molecule has 0 radical (unpaired) electrons. The molecule has 0 saturated carbocycles. The molecule has 0 spiro atoms. The Balaban J connectivity index is 1.53. The number of carbonyl (C=O) groups is 2. The van der Waals surface area contributed by atoms with Crippen LogP contribution in [-0.4, -0.2) is 61.9 Å². The maximum absolute atomic E-state index is 13.7. The number of sulfone groups is 1. The Morgan fingerprint density at radius 3 is 2.83 bits per heavy atom. The van der Waals surface area contributed by atoms with Gasteiger partial charge in [-0.1, -0.05) is 6.07 Å². The Hall–Kier alpha value is -1.86. The molecular formula is C23H28BrN3O6S2. The van der Waals surface area contributed by atoms with Crippen LogP contribution < -0.4 is 5.48 Å². The minimum atomic E-state index is -3.80. The van der Waals surface area contributed by atoms with Crippen molar-refractivity contribution in [3.63, 3.8) is 0 Å². The maximum Gasteiger partial charge on any atom is 0.245 e. The largest absolute Gasteiger partial charge is 0.350 e. The predicted molar refractivity (Wildman–Crippen MR) is 134 cm³/mol. The molecule has 2 aliphatic heterocycles. The van der Waals surface area contributed by atoms with Crippen LogP contribution in [0.3, 0.4) is 0 Å². The van der Waals surface area contributed by atoms with E-state index in [4.69, 9.17) is 9.57 Å². The summed E-state index contributed by atoms with van der Waals surface area (Å²) in [6, 6.07) is 7.08. The van der Waals surface area contributed by atoms with Gasteiger partial charge in [-0.25, -0.2) is 18.7 Å². The van der Waals surface area contributed by atoms with E-state index < -0.39 is 26.8 Å². The zero-order valence-corrected chi connectivity index (χ0v) is 22.4. The summed E-state index contributed by atoms with van der Waals surface area (Å²) < 4.78 is 32.2. The van der Waals surface area contributed by atoms with Gasteiger partial charge in [0.05, 0.1) is 22.4 Å². The van der Waals surface area contributed by atoms with Gasteiger partial charge in [0.25, 0.3) is 0 Å². The van der Waals surface area contributed by atoms with Gasteiger partial charge in [0.1, 0.15) is 4.75 Å². The second kappa shape index (κ2) is 11.5. The maximum atomic E-state index is 13.7. The molecule has 1 N–H and O–H groups in total. The van der Waals surface area contributed by atoms with Crippen LogP contribution in [0.1, 0.15) is 42.5 Å². The molecule has 2 aliphatic rings. The van der Waals surface area contributed by atoms with Crippen molar-refractivity contribution in [3.05, 3.63) is 50.9 Å². The van der Waals surface area contributed by atoms with Gasteiger partial charge < -0.3 is 9.64 Å². The molecule has 9 nitrogen and oxygen atoms in total. The van der Waals surface area contributed by atoms with Crippen LogP contribution in [0.4, 0.5) is 0 Å². The first-order chi connectivity index (χ1) is 16.8. The molecule has 2 amide bonds. The van der Waals surface area contributed by atoms with Crippen molar-refractivity contribution in [2.75, 3.05) is 25.4 Å². The molecule has 4 rings (SSSR count). The molecule has 0 aliphatic carbocycles. The molecule has 35 heavy (non-hydrogen) atoms. The minimum Gasteiger partial charge on any atom is -0.350 e. The number of nitrogens with zero attached hydrogens (tertiary/aromatic N) is 2. The number of amides is 2. The van der Waals surface area contributed by atoms with Crippen LogP contribution in [0.25, 0.3) is 0 Å². The van der Waals surface area contributed by atoms with Gasteiger partial charge in [-0.2, -0.15) is 0 Å². The number of hydrogen-bond acceptors (Lipinski definition) is 8. The summed E-state index contributed by atoms with van der Waals surface area (Å²) in [6.07, 6.45) is 5.20. The molecule has 2 unspecified atom stereocenters. The van der Waals surface area contributed by atoms with E-state index in [9.17, 15) is 18.0 Å². The minimum absolute atomic E-state index is 0.0732. The average molecular weight is 587 g/mol. The Morgan fingerprint density at radius 2 is 2.14 bits per heavy atom. The van der Waals surface area contributed by atoms with E-state index in [1.807, 2.05) is 6.07 Å².